The first-order valence-electron chi connectivity index (χ1n) is 6.82. The highest BCUT2D eigenvalue weighted by molar-refractivity contribution is 7.06. The number of amides is 1. The monoisotopic (exact) mass is 279 g/mol. The Morgan fingerprint density at radius 3 is 1.85 bits per heavy atom. The average molecular weight is 279 g/mol. The third kappa shape index (κ3) is 2.10. The molecule has 3 rings (SSSR count). The van der Waals surface area contributed by atoms with E-state index in [9.17, 15) is 4.79 Å². The van der Waals surface area contributed by atoms with Gasteiger partial charge in [-0.15, -0.1) is 0 Å². The number of hydrogen-bond donors (Lipinski definition) is 1. The van der Waals surface area contributed by atoms with Crippen molar-refractivity contribution in [3.05, 3.63) is 72.4 Å². The molecule has 0 aromatic heterocycles. The number of primary amides is 1. The predicted octanol–water partition coefficient (Wildman–Crippen LogP) is 1.46. The minimum atomic E-state index is -1.99. The molecular weight excluding hydrogens is 262 g/mol. The van der Waals surface area contributed by atoms with Gasteiger partial charge in [0.2, 0.25) is 5.91 Å². The Morgan fingerprint density at radius 2 is 1.45 bits per heavy atom. The number of carbonyl (C=O) groups excluding carboxylic acids is 1. The van der Waals surface area contributed by atoms with E-state index in [-0.39, 0.29) is 11.8 Å². The van der Waals surface area contributed by atoms with Crippen LogP contribution >= 0.6 is 0 Å². The molecule has 2 nitrogen and oxygen atoms in total. The molecule has 1 aliphatic heterocycles. The molecule has 0 fully saturated rings. The van der Waals surface area contributed by atoms with E-state index >= 15 is 0 Å². The van der Waals surface area contributed by atoms with Crippen molar-refractivity contribution >= 4 is 24.4 Å². The van der Waals surface area contributed by atoms with Crippen LogP contribution in [0.15, 0.2) is 72.4 Å². The molecule has 2 aromatic carbocycles. The van der Waals surface area contributed by atoms with Crippen LogP contribution in [0.25, 0.3) is 0 Å². The van der Waals surface area contributed by atoms with Gasteiger partial charge < -0.3 is 5.73 Å². The van der Waals surface area contributed by atoms with E-state index in [2.05, 4.69) is 54.2 Å². The summed E-state index contributed by atoms with van der Waals surface area (Å²) < 4.78 is 0. The standard InChI is InChI=1S/C17H17NOSi/c18-17(19)14-11-12-20(13-14,15-7-3-1-4-8-15)16-9-5-2-6-10-16/h1-12,14H,13H2,(H2,18,19). The fourth-order valence-electron chi connectivity index (χ4n) is 3.02. The highest BCUT2D eigenvalue weighted by Crippen LogP contribution is 2.27. The Bertz CT molecular complexity index is 597. The second kappa shape index (κ2) is 5.10. The Labute approximate surface area is 120 Å². The van der Waals surface area contributed by atoms with Gasteiger partial charge in [-0.1, -0.05) is 72.4 Å². The Balaban J connectivity index is 2.11. The molecule has 0 bridgehead atoms. The summed E-state index contributed by atoms with van der Waals surface area (Å²) in [5.41, 5.74) is 7.78. The number of nitrogens with two attached hydrogens (primary N) is 1. The Hall–Kier alpha value is -2.13. The van der Waals surface area contributed by atoms with E-state index in [1.807, 2.05) is 18.2 Å². The maximum absolute atomic E-state index is 11.5. The highest BCUT2D eigenvalue weighted by Gasteiger charge is 2.41. The van der Waals surface area contributed by atoms with Gasteiger partial charge in [0.1, 0.15) is 8.07 Å². The lowest BCUT2D eigenvalue weighted by Crippen LogP contribution is -2.56. The van der Waals surface area contributed by atoms with E-state index in [4.69, 9.17) is 5.73 Å². The van der Waals surface area contributed by atoms with Crippen LogP contribution in [-0.2, 0) is 4.79 Å². The van der Waals surface area contributed by atoms with E-state index in [0.29, 0.717) is 0 Å². The van der Waals surface area contributed by atoms with E-state index in [0.717, 1.165) is 6.04 Å². The zero-order valence-corrected chi connectivity index (χ0v) is 12.2. The van der Waals surface area contributed by atoms with Crippen LogP contribution in [0.4, 0.5) is 0 Å². The van der Waals surface area contributed by atoms with Crippen molar-refractivity contribution in [3.63, 3.8) is 0 Å². The van der Waals surface area contributed by atoms with Crippen molar-refractivity contribution in [2.24, 2.45) is 11.7 Å². The van der Waals surface area contributed by atoms with E-state index in [1.165, 1.54) is 10.4 Å². The molecule has 0 radical (unpaired) electrons. The van der Waals surface area contributed by atoms with Crippen molar-refractivity contribution in [1.29, 1.82) is 0 Å². The second-order valence-corrected chi connectivity index (χ2v) is 9.11. The smallest absolute Gasteiger partial charge is 0.224 e. The van der Waals surface area contributed by atoms with Crippen LogP contribution in [0.1, 0.15) is 0 Å². The maximum Gasteiger partial charge on any atom is 0.224 e. The van der Waals surface area contributed by atoms with Crippen molar-refractivity contribution in [2.75, 3.05) is 0 Å². The molecule has 2 aromatic rings. The van der Waals surface area contributed by atoms with Crippen LogP contribution in [0.2, 0.25) is 6.04 Å². The third-order valence-corrected chi connectivity index (χ3v) is 8.67. The van der Waals surface area contributed by atoms with Gasteiger partial charge >= 0.3 is 0 Å². The maximum atomic E-state index is 11.5. The summed E-state index contributed by atoms with van der Waals surface area (Å²) >= 11 is 0. The summed E-state index contributed by atoms with van der Waals surface area (Å²) in [4.78, 5) is 11.5. The minimum absolute atomic E-state index is 0.137. The van der Waals surface area contributed by atoms with E-state index < -0.39 is 8.07 Å². The normalized spacial score (nSPS) is 19.9. The lowest BCUT2D eigenvalue weighted by Gasteiger charge is -2.27. The van der Waals surface area contributed by atoms with Crippen molar-refractivity contribution in [1.82, 2.24) is 0 Å². The average Bonchev–Trinajstić information content (AvgIpc) is 2.96. The van der Waals surface area contributed by atoms with Crippen LogP contribution in [0, 0.1) is 5.92 Å². The van der Waals surface area contributed by atoms with Crippen LogP contribution in [0.3, 0.4) is 0 Å². The molecule has 3 heteroatoms. The van der Waals surface area contributed by atoms with Gasteiger partial charge in [-0.25, -0.2) is 0 Å². The predicted molar refractivity (Wildman–Crippen MR) is 84.5 cm³/mol. The molecule has 0 saturated heterocycles. The van der Waals surface area contributed by atoms with Crippen molar-refractivity contribution in [2.45, 2.75) is 6.04 Å². The fraction of sp³-hybridized carbons (Fsp3) is 0.118. The van der Waals surface area contributed by atoms with Gasteiger partial charge in [-0.3, -0.25) is 4.79 Å². The first-order chi connectivity index (χ1) is 9.72. The molecule has 0 spiro atoms. The number of carbonyl (C=O) groups is 1. The van der Waals surface area contributed by atoms with Crippen LogP contribution in [-0.4, -0.2) is 14.0 Å². The zero-order valence-electron chi connectivity index (χ0n) is 11.2. The van der Waals surface area contributed by atoms with Gasteiger partial charge in [0.15, 0.2) is 0 Å². The topological polar surface area (TPSA) is 43.1 Å². The first kappa shape index (κ1) is 12.9. The largest absolute Gasteiger partial charge is 0.369 e. The third-order valence-electron chi connectivity index (χ3n) is 4.10. The summed E-state index contributed by atoms with van der Waals surface area (Å²) in [6.45, 7) is 0. The molecule has 1 aliphatic rings. The van der Waals surface area contributed by atoms with Gasteiger partial charge in [-0.05, 0) is 16.4 Å². The fourth-order valence-corrected chi connectivity index (χ4v) is 7.52. The molecule has 100 valence electrons. The van der Waals surface area contributed by atoms with Crippen LogP contribution in [0.5, 0.6) is 0 Å². The zero-order chi connectivity index (χ0) is 14.0. The molecule has 1 unspecified atom stereocenters. The molecule has 1 heterocycles. The quantitative estimate of drug-likeness (QED) is 0.849. The summed E-state index contributed by atoms with van der Waals surface area (Å²) in [5.74, 6) is -0.357. The molecule has 20 heavy (non-hydrogen) atoms. The lowest BCUT2D eigenvalue weighted by atomic mass is 10.2. The van der Waals surface area contributed by atoms with Crippen molar-refractivity contribution in [3.8, 4) is 0 Å². The second-order valence-electron chi connectivity index (χ2n) is 5.28. The number of rotatable bonds is 3. The van der Waals surface area contributed by atoms with Gasteiger partial charge in [-0.2, -0.15) is 0 Å². The Morgan fingerprint density at radius 1 is 0.950 bits per heavy atom. The summed E-state index contributed by atoms with van der Waals surface area (Å²) in [6, 6.07) is 21.9. The molecule has 0 aliphatic carbocycles. The van der Waals surface area contributed by atoms with Gasteiger partial charge in [0, 0.05) is 0 Å². The van der Waals surface area contributed by atoms with Gasteiger partial charge in [0.05, 0.1) is 5.92 Å². The minimum Gasteiger partial charge on any atom is -0.369 e. The molecule has 2 N–H and O–H groups in total. The SMILES string of the molecule is NC(=O)C1C=C[Si](c2ccccc2)(c2ccccc2)C1. The number of benzene rings is 2. The molecule has 1 atom stereocenters. The molecule has 0 saturated carbocycles. The van der Waals surface area contributed by atoms with Crippen molar-refractivity contribution < 1.29 is 4.79 Å². The van der Waals surface area contributed by atoms with Gasteiger partial charge in [0.25, 0.3) is 0 Å². The first-order valence-corrected chi connectivity index (χ1v) is 9.10. The highest BCUT2D eigenvalue weighted by atomic mass is 28.3. The molecule has 1 amide bonds. The summed E-state index contributed by atoms with van der Waals surface area (Å²) in [6.07, 6.45) is 2.01. The number of hydrogen-bond acceptors (Lipinski definition) is 1. The summed E-state index contributed by atoms with van der Waals surface area (Å²) in [7, 11) is -1.99. The van der Waals surface area contributed by atoms with E-state index in [1.54, 1.807) is 0 Å². The van der Waals surface area contributed by atoms with Crippen LogP contribution < -0.4 is 16.1 Å². The molecular formula is C17H17NOSi. The summed E-state index contributed by atoms with van der Waals surface area (Å²) in [5, 5.41) is 2.68. The Kier molecular flexibility index (Phi) is 3.28. The lowest BCUT2D eigenvalue weighted by molar-refractivity contribution is -0.119.